The largest absolute Gasteiger partial charge is 0.379 e. The Morgan fingerprint density at radius 3 is 2.70 bits per heavy atom. The molecule has 5 nitrogen and oxygen atoms in total. The van der Waals surface area contributed by atoms with Gasteiger partial charge < -0.3 is 14.6 Å². The second-order valence-corrected chi connectivity index (χ2v) is 10.4. The number of thiophene rings is 1. The van der Waals surface area contributed by atoms with Gasteiger partial charge in [0.15, 0.2) is 0 Å². The molecule has 2 unspecified atom stereocenters. The Hall–Kier alpha value is -2.18. The molecular weight excluding hydrogens is 430 g/mol. The van der Waals surface area contributed by atoms with E-state index in [0.717, 1.165) is 55.6 Å². The summed E-state index contributed by atoms with van der Waals surface area (Å²) in [5.41, 5.74) is 2.63. The van der Waals surface area contributed by atoms with E-state index in [9.17, 15) is 4.79 Å². The summed E-state index contributed by atoms with van der Waals surface area (Å²) in [6, 6.07) is 10.5. The van der Waals surface area contributed by atoms with Crippen molar-refractivity contribution in [3.05, 3.63) is 52.0 Å². The summed E-state index contributed by atoms with van der Waals surface area (Å²) >= 11 is 1.76. The van der Waals surface area contributed by atoms with E-state index >= 15 is 0 Å². The maximum Gasteiger partial charge on any atom is 0.251 e. The molecule has 2 aromatic heterocycles. The molecule has 3 aromatic rings. The SMILES string of the molecule is CCCCOCC(CC(C)C)NC(=O)c1ccc2c(c1)nc(Cc1cccs1)n2C(C)CC. The Kier molecular flexibility index (Phi) is 9.51. The number of nitrogens with one attached hydrogen (secondary N) is 1. The van der Waals surface area contributed by atoms with E-state index in [0.29, 0.717) is 24.1 Å². The molecule has 3 rings (SSSR count). The number of hydrogen-bond acceptors (Lipinski definition) is 4. The first-order valence-corrected chi connectivity index (χ1v) is 13.2. The van der Waals surface area contributed by atoms with Gasteiger partial charge in [-0.15, -0.1) is 11.3 Å². The van der Waals surface area contributed by atoms with Crippen LogP contribution in [0.3, 0.4) is 0 Å². The highest BCUT2D eigenvalue weighted by Gasteiger charge is 2.19. The Labute approximate surface area is 202 Å². The van der Waals surface area contributed by atoms with Gasteiger partial charge in [0.25, 0.3) is 5.91 Å². The van der Waals surface area contributed by atoms with E-state index in [4.69, 9.17) is 9.72 Å². The highest BCUT2D eigenvalue weighted by Crippen LogP contribution is 2.26. The van der Waals surface area contributed by atoms with E-state index in [-0.39, 0.29) is 11.9 Å². The molecule has 6 heteroatoms. The number of aromatic nitrogens is 2. The quantitative estimate of drug-likeness (QED) is 0.286. The van der Waals surface area contributed by atoms with Crippen LogP contribution in [-0.4, -0.2) is 34.7 Å². The standard InChI is InChI=1S/C27H39N3O2S/c1-6-8-13-32-18-22(15-19(3)4)28-27(31)21-11-12-25-24(16-21)29-26(30(25)20(5)7-2)17-23-10-9-14-33-23/h9-12,14,16,19-20,22H,6-8,13,15,17-18H2,1-5H3,(H,28,31). The highest BCUT2D eigenvalue weighted by molar-refractivity contribution is 7.09. The first-order chi connectivity index (χ1) is 15.9. The van der Waals surface area contributed by atoms with Gasteiger partial charge in [-0.05, 0) is 61.7 Å². The molecule has 0 aliphatic carbocycles. The molecule has 0 saturated heterocycles. The maximum absolute atomic E-state index is 13.1. The van der Waals surface area contributed by atoms with Gasteiger partial charge in [0.05, 0.1) is 23.7 Å². The number of nitrogens with zero attached hydrogens (tertiary/aromatic N) is 2. The van der Waals surface area contributed by atoms with Crippen molar-refractivity contribution in [1.82, 2.24) is 14.9 Å². The van der Waals surface area contributed by atoms with Crippen LogP contribution in [0.15, 0.2) is 35.7 Å². The van der Waals surface area contributed by atoms with Crippen LogP contribution in [0.1, 0.15) is 87.4 Å². The summed E-state index contributed by atoms with van der Waals surface area (Å²) in [7, 11) is 0. The fourth-order valence-corrected chi connectivity index (χ4v) is 4.84. The zero-order valence-electron chi connectivity index (χ0n) is 20.8. The smallest absolute Gasteiger partial charge is 0.251 e. The van der Waals surface area contributed by atoms with E-state index in [1.807, 2.05) is 12.1 Å². The average molecular weight is 470 g/mol. The number of hydrogen-bond donors (Lipinski definition) is 1. The monoisotopic (exact) mass is 469 g/mol. The second kappa shape index (κ2) is 12.3. The number of benzene rings is 1. The van der Waals surface area contributed by atoms with Crippen LogP contribution in [-0.2, 0) is 11.2 Å². The number of amides is 1. The van der Waals surface area contributed by atoms with Crippen molar-refractivity contribution in [2.75, 3.05) is 13.2 Å². The van der Waals surface area contributed by atoms with Gasteiger partial charge in [-0.1, -0.05) is 40.2 Å². The fourth-order valence-electron chi connectivity index (χ4n) is 4.14. The van der Waals surface area contributed by atoms with E-state index in [1.54, 1.807) is 11.3 Å². The summed E-state index contributed by atoms with van der Waals surface area (Å²) in [4.78, 5) is 19.4. The Morgan fingerprint density at radius 2 is 2.03 bits per heavy atom. The molecule has 0 saturated carbocycles. The summed E-state index contributed by atoms with van der Waals surface area (Å²) < 4.78 is 8.16. The first kappa shape index (κ1) is 25.4. The minimum Gasteiger partial charge on any atom is -0.379 e. The van der Waals surface area contributed by atoms with Gasteiger partial charge >= 0.3 is 0 Å². The summed E-state index contributed by atoms with van der Waals surface area (Å²) in [5, 5.41) is 5.31. The third kappa shape index (κ3) is 6.90. The third-order valence-corrected chi connectivity index (χ3v) is 6.90. The Morgan fingerprint density at radius 1 is 1.21 bits per heavy atom. The zero-order chi connectivity index (χ0) is 23.8. The van der Waals surface area contributed by atoms with Crippen molar-refractivity contribution >= 4 is 28.3 Å². The van der Waals surface area contributed by atoms with Crippen molar-refractivity contribution in [3.8, 4) is 0 Å². The predicted molar refractivity (Wildman–Crippen MR) is 138 cm³/mol. The number of fused-ring (bicyclic) bond motifs is 1. The summed E-state index contributed by atoms with van der Waals surface area (Å²) in [6.07, 6.45) is 4.89. The van der Waals surface area contributed by atoms with Gasteiger partial charge in [0.1, 0.15) is 5.82 Å². The average Bonchev–Trinajstić information content (AvgIpc) is 3.42. The number of rotatable bonds is 13. The topological polar surface area (TPSA) is 56.1 Å². The molecule has 0 aliphatic rings. The van der Waals surface area contributed by atoms with Crippen LogP contribution in [0.25, 0.3) is 11.0 Å². The van der Waals surface area contributed by atoms with Crippen molar-refractivity contribution in [1.29, 1.82) is 0 Å². The van der Waals surface area contributed by atoms with Gasteiger partial charge in [-0.25, -0.2) is 4.98 Å². The predicted octanol–water partition coefficient (Wildman–Crippen LogP) is 6.62. The molecule has 180 valence electrons. The Balaban J connectivity index is 1.81. The van der Waals surface area contributed by atoms with Crippen molar-refractivity contribution in [2.45, 2.75) is 78.8 Å². The first-order valence-electron chi connectivity index (χ1n) is 12.3. The van der Waals surface area contributed by atoms with Crippen molar-refractivity contribution in [2.24, 2.45) is 5.92 Å². The minimum atomic E-state index is -0.0560. The van der Waals surface area contributed by atoms with Crippen LogP contribution in [0.4, 0.5) is 0 Å². The Bertz CT molecular complexity index is 1010. The lowest BCUT2D eigenvalue weighted by molar-refractivity contribution is 0.0804. The zero-order valence-corrected chi connectivity index (χ0v) is 21.6. The number of unbranched alkanes of at least 4 members (excludes halogenated alkanes) is 1. The maximum atomic E-state index is 13.1. The number of carbonyl (C=O) groups excluding carboxylic acids is 1. The molecular formula is C27H39N3O2S. The number of imidazole rings is 1. The van der Waals surface area contributed by atoms with Gasteiger partial charge in [0.2, 0.25) is 0 Å². The number of ether oxygens (including phenoxy) is 1. The van der Waals surface area contributed by atoms with Crippen LogP contribution >= 0.6 is 11.3 Å². The molecule has 0 radical (unpaired) electrons. The molecule has 0 spiro atoms. The van der Waals surface area contributed by atoms with E-state index in [2.05, 4.69) is 68.1 Å². The lowest BCUT2D eigenvalue weighted by Gasteiger charge is -2.21. The molecule has 2 heterocycles. The lowest BCUT2D eigenvalue weighted by Crippen LogP contribution is -2.39. The molecule has 1 N–H and O–H groups in total. The molecule has 1 amide bonds. The molecule has 2 atom stereocenters. The van der Waals surface area contributed by atoms with E-state index < -0.39 is 0 Å². The van der Waals surface area contributed by atoms with Crippen LogP contribution in [0.5, 0.6) is 0 Å². The third-order valence-electron chi connectivity index (χ3n) is 6.02. The fraction of sp³-hybridized carbons (Fsp3) is 0.556. The van der Waals surface area contributed by atoms with E-state index in [1.165, 1.54) is 4.88 Å². The van der Waals surface area contributed by atoms with Crippen LogP contribution in [0, 0.1) is 5.92 Å². The molecule has 0 fully saturated rings. The highest BCUT2D eigenvalue weighted by atomic mass is 32.1. The summed E-state index contributed by atoms with van der Waals surface area (Å²) in [6.45, 7) is 12.2. The molecule has 0 aliphatic heterocycles. The van der Waals surface area contributed by atoms with Gasteiger partial charge in [-0.2, -0.15) is 0 Å². The summed E-state index contributed by atoms with van der Waals surface area (Å²) in [5.74, 6) is 1.49. The van der Waals surface area contributed by atoms with Crippen LogP contribution < -0.4 is 5.32 Å². The molecule has 0 bridgehead atoms. The lowest BCUT2D eigenvalue weighted by atomic mass is 10.0. The van der Waals surface area contributed by atoms with Crippen molar-refractivity contribution < 1.29 is 9.53 Å². The molecule has 1 aromatic carbocycles. The van der Waals surface area contributed by atoms with Gasteiger partial charge in [0, 0.05) is 29.5 Å². The molecule has 33 heavy (non-hydrogen) atoms. The van der Waals surface area contributed by atoms with Crippen LogP contribution in [0.2, 0.25) is 0 Å². The van der Waals surface area contributed by atoms with Gasteiger partial charge in [-0.3, -0.25) is 4.79 Å². The van der Waals surface area contributed by atoms with Crippen molar-refractivity contribution in [3.63, 3.8) is 0 Å². The normalized spacial score (nSPS) is 13.5. The number of carbonyl (C=O) groups is 1. The minimum absolute atomic E-state index is 0.0112. The second-order valence-electron chi connectivity index (χ2n) is 9.34.